The van der Waals surface area contributed by atoms with E-state index >= 15 is 0 Å². The lowest BCUT2D eigenvalue weighted by molar-refractivity contribution is -0.137. The number of rotatable bonds is 5. The van der Waals surface area contributed by atoms with Crippen LogP contribution in [-0.4, -0.2) is 39.9 Å². The highest BCUT2D eigenvalue weighted by atomic mass is 16.5. The minimum atomic E-state index is -1.47. The van der Waals surface area contributed by atoms with Gasteiger partial charge in [0.2, 0.25) is 11.8 Å². The van der Waals surface area contributed by atoms with Crippen molar-refractivity contribution in [3.05, 3.63) is 78.6 Å². The van der Waals surface area contributed by atoms with Crippen LogP contribution in [0.25, 0.3) is 22.8 Å². The molecule has 4 aromatic rings. The van der Waals surface area contributed by atoms with Crippen LogP contribution in [0.15, 0.2) is 77.5 Å². The normalized spacial score (nSPS) is 16.4. The third kappa shape index (κ3) is 4.05. The van der Waals surface area contributed by atoms with Gasteiger partial charge >= 0.3 is 6.03 Å². The molecule has 2 aliphatic rings. The van der Waals surface area contributed by atoms with Crippen molar-refractivity contribution in [3.8, 4) is 34.4 Å². The molecule has 190 valence electrons. The van der Waals surface area contributed by atoms with Gasteiger partial charge in [-0.15, -0.1) is 0 Å². The number of nitrogens with zero attached hydrogens (tertiary/aromatic N) is 3. The zero-order valence-electron chi connectivity index (χ0n) is 20.4. The van der Waals surface area contributed by atoms with E-state index in [1.165, 1.54) is 5.56 Å². The number of pyridine rings is 1. The number of hydrogen-bond acceptors (Lipinski definition) is 8. The lowest BCUT2D eigenvalue weighted by Crippen LogP contribution is -2.71. The first-order valence-corrected chi connectivity index (χ1v) is 12.1. The molecule has 0 bridgehead atoms. The molecule has 4 heterocycles. The molecule has 2 aliphatic heterocycles. The van der Waals surface area contributed by atoms with Gasteiger partial charge in [-0.2, -0.15) is 0 Å². The third-order valence-electron chi connectivity index (χ3n) is 6.78. The number of urea groups is 1. The molecular formula is C28H23N5O5. The fraction of sp³-hybridized carbons (Fsp3) is 0.179. The first kappa shape index (κ1) is 23.4. The van der Waals surface area contributed by atoms with Gasteiger partial charge in [0.1, 0.15) is 5.75 Å². The molecule has 10 nitrogen and oxygen atoms in total. The Balaban J connectivity index is 1.15. The van der Waals surface area contributed by atoms with Gasteiger partial charge in [-0.25, -0.2) is 14.8 Å². The van der Waals surface area contributed by atoms with E-state index in [1.807, 2.05) is 43.3 Å². The molecule has 2 aromatic carbocycles. The van der Waals surface area contributed by atoms with E-state index in [0.717, 1.165) is 11.1 Å². The van der Waals surface area contributed by atoms with Crippen LogP contribution < -0.4 is 20.3 Å². The number of carbonyl (C=O) groups excluding carboxylic acids is 3. The van der Waals surface area contributed by atoms with E-state index in [0.29, 0.717) is 48.4 Å². The molecule has 0 saturated carbocycles. The first-order chi connectivity index (χ1) is 18.4. The van der Waals surface area contributed by atoms with Gasteiger partial charge in [-0.3, -0.25) is 20.2 Å². The molecule has 1 spiro atoms. The summed E-state index contributed by atoms with van der Waals surface area (Å²) < 4.78 is 11.8. The molecule has 4 amide bonds. The number of oxazole rings is 1. The van der Waals surface area contributed by atoms with Crippen LogP contribution in [0.5, 0.6) is 11.6 Å². The molecule has 0 radical (unpaired) electrons. The van der Waals surface area contributed by atoms with Crippen molar-refractivity contribution in [2.45, 2.75) is 25.3 Å². The van der Waals surface area contributed by atoms with Crippen molar-refractivity contribution in [1.29, 1.82) is 0 Å². The van der Waals surface area contributed by atoms with Crippen molar-refractivity contribution in [1.82, 2.24) is 20.6 Å². The van der Waals surface area contributed by atoms with E-state index in [-0.39, 0.29) is 0 Å². The largest absolute Gasteiger partial charge is 0.439 e. The van der Waals surface area contributed by atoms with E-state index in [1.54, 1.807) is 41.6 Å². The van der Waals surface area contributed by atoms with Crippen LogP contribution in [0, 0.1) is 6.92 Å². The lowest BCUT2D eigenvalue weighted by atomic mass is 9.92. The van der Waals surface area contributed by atoms with Crippen LogP contribution in [0.3, 0.4) is 0 Å². The number of benzene rings is 2. The number of hydrogen-bond donors (Lipinski definition) is 2. The molecule has 2 saturated heterocycles. The molecule has 2 aromatic heterocycles. The third-order valence-corrected chi connectivity index (χ3v) is 6.78. The summed E-state index contributed by atoms with van der Waals surface area (Å²) in [6.07, 6.45) is 4.18. The molecule has 2 N–H and O–H groups in total. The SMILES string of the molecule is Cc1ccc(-c2cnc(-c3ccc(Oc4ccc(N5CCCC56C(=O)NC(=O)NC6=O)cn4)cc3)o2)cc1. The second-order valence-corrected chi connectivity index (χ2v) is 9.23. The van der Waals surface area contributed by atoms with Gasteiger partial charge in [0.25, 0.3) is 11.8 Å². The zero-order chi connectivity index (χ0) is 26.3. The number of amides is 4. The lowest BCUT2D eigenvalue weighted by Gasteiger charge is -2.38. The summed E-state index contributed by atoms with van der Waals surface area (Å²) in [5, 5.41) is 4.41. The van der Waals surface area contributed by atoms with E-state index < -0.39 is 23.4 Å². The van der Waals surface area contributed by atoms with Crippen LogP contribution in [0.1, 0.15) is 18.4 Å². The summed E-state index contributed by atoms with van der Waals surface area (Å²) in [6.45, 7) is 2.51. The molecule has 38 heavy (non-hydrogen) atoms. The first-order valence-electron chi connectivity index (χ1n) is 12.1. The van der Waals surface area contributed by atoms with E-state index in [4.69, 9.17) is 9.15 Å². The summed E-state index contributed by atoms with van der Waals surface area (Å²) in [4.78, 5) is 47.3. The smallest absolute Gasteiger partial charge is 0.328 e. The summed E-state index contributed by atoms with van der Waals surface area (Å²) in [5.41, 5.74) is 2.06. The topological polar surface area (TPSA) is 127 Å². The monoisotopic (exact) mass is 509 g/mol. The predicted octanol–water partition coefficient (Wildman–Crippen LogP) is 4.21. The molecule has 0 aliphatic carbocycles. The van der Waals surface area contributed by atoms with E-state index in [2.05, 4.69) is 20.6 Å². The predicted molar refractivity (Wildman–Crippen MR) is 137 cm³/mol. The fourth-order valence-electron chi connectivity index (χ4n) is 4.83. The van der Waals surface area contributed by atoms with Crippen LogP contribution in [0.4, 0.5) is 10.5 Å². The Labute approximate surface area is 217 Å². The molecule has 6 rings (SSSR count). The Kier molecular flexibility index (Phi) is 5.64. The highest BCUT2D eigenvalue weighted by Gasteiger charge is 2.57. The Morgan fingerprint density at radius 3 is 2.26 bits per heavy atom. The van der Waals surface area contributed by atoms with Gasteiger partial charge in [0, 0.05) is 23.7 Å². The highest BCUT2D eigenvalue weighted by Crippen LogP contribution is 2.36. The summed E-state index contributed by atoms with van der Waals surface area (Å²) in [6, 6.07) is 17.9. The van der Waals surface area contributed by atoms with Crippen LogP contribution >= 0.6 is 0 Å². The zero-order valence-corrected chi connectivity index (χ0v) is 20.4. The van der Waals surface area contributed by atoms with Gasteiger partial charge in [0.15, 0.2) is 11.3 Å². The van der Waals surface area contributed by atoms with Crippen molar-refractivity contribution < 1.29 is 23.5 Å². The second-order valence-electron chi connectivity index (χ2n) is 9.23. The summed E-state index contributed by atoms with van der Waals surface area (Å²) in [7, 11) is 0. The van der Waals surface area contributed by atoms with Crippen molar-refractivity contribution >= 4 is 23.5 Å². The minimum Gasteiger partial charge on any atom is -0.439 e. The number of ether oxygens (including phenoxy) is 1. The average Bonchev–Trinajstić information content (AvgIpc) is 3.58. The maximum Gasteiger partial charge on any atom is 0.328 e. The molecular weight excluding hydrogens is 486 g/mol. The molecule has 0 atom stereocenters. The number of carbonyl (C=O) groups is 3. The second kappa shape index (κ2) is 9.15. The Morgan fingerprint density at radius 1 is 0.868 bits per heavy atom. The fourth-order valence-corrected chi connectivity index (χ4v) is 4.83. The van der Waals surface area contributed by atoms with Crippen molar-refractivity contribution in [3.63, 3.8) is 0 Å². The molecule has 10 heteroatoms. The molecule has 2 fully saturated rings. The summed E-state index contributed by atoms with van der Waals surface area (Å²) in [5.74, 6) is 0.870. The van der Waals surface area contributed by atoms with Crippen molar-refractivity contribution in [2.24, 2.45) is 0 Å². The minimum absolute atomic E-state index is 0.305. The Bertz CT molecular complexity index is 1510. The van der Waals surface area contributed by atoms with Gasteiger partial charge in [0.05, 0.1) is 18.1 Å². The van der Waals surface area contributed by atoms with Crippen LogP contribution in [0.2, 0.25) is 0 Å². The number of anilines is 1. The standard InChI is InChI=1S/C28H23N5O5/c1-17-3-5-18(6-4-17)22-16-30-24(38-22)19-7-10-21(11-8-19)37-23-12-9-20(15-29-23)33-14-2-13-28(33)25(34)31-27(36)32-26(28)35/h3-12,15-16H,2,13-14H2,1H3,(H2,31,32,34,35,36). The van der Waals surface area contributed by atoms with Crippen molar-refractivity contribution in [2.75, 3.05) is 11.4 Å². The Morgan fingerprint density at radius 2 is 1.58 bits per heavy atom. The van der Waals surface area contributed by atoms with E-state index in [9.17, 15) is 14.4 Å². The Hall–Kier alpha value is -4.99. The maximum absolute atomic E-state index is 12.7. The van der Waals surface area contributed by atoms with Crippen LogP contribution in [-0.2, 0) is 9.59 Å². The maximum atomic E-state index is 12.7. The average molecular weight is 510 g/mol. The molecule has 0 unspecified atom stereocenters. The van der Waals surface area contributed by atoms with Gasteiger partial charge in [-0.1, -0.05) is 29.8 Å². The van der Waals surface area contributed by atoms with Gasteiger partial charge in [-0.05, 0) is 50.1 Å². The quantitative estimate of drug-likeness (QED) is 0.383. The number of aromatic nitrogens is 2. The summed E-state index contributed by atoms with van der Waals surface area (Å²) >= 11 is 0. The number of barbiturate groups is 1. The highest BCUT2D eigenvalue weighted by molar-refractivity contribution is 6.24. The van der Waals surface area contributed by atoms with Gasteiger partial charge < -0.3 is 14.1 Å². The number of imide groups is 2. The number of nitrogens with one attached hydrogen (secondary N) is 2. The number of aryl methyl sites for hydroxylation is 1.